The van der Waals surface area contributed by atoms with E-state index in [4.69, 9.17) is 14.5 Å². The number of aromatic nitrogens is 3. The van der Waals surface area contributed by atoms with Gasteiger partial charge in [-0.25, -0.2) is 14.4 Å². The number of ether oxygens (including phenoxy) is 2. The summed E-state index contributed by atoms with van der Waals surface area (Å²) in [5.74, 6) is 1.30. The molecule has 2 N–H and O–H groups in total. The molecule has 3 aromatic rings. The summed E-state index contributed by atoms with van der Waals surface area (Å²) in [4.78, 5) is 9.32. The first kappa shape index (κ1) is 18.3. The van der Waals surface area contributed by atoms with Crippen molar-refractivity contribution < 1.29 is 13.9 Å². The molecule has 4 heterocycles. The molecule has 0 spiro atoms. The summed E-state index contributed by atoms with van der Waals surface area (Å²) >= 11 is 0. The van der Waals surface area contributed by atoms with Crippen LogP contribution in [0, 0.1) is 5.82 Å². The molecule has 152 valence electrons. The van der Waals surface area contributed by atoms with Crippen LogP contribution < -0.4 is 10.6 Å². The Morgan fingerprint density at radius 3 is 2.59 bits per heavy atom. The monoisotopic (exact) mass is 397 g/mol. The molecule has 0 radical (unpaired) electrons. The van der Waals surface area contributed by atoms with Crippen LogP contribution >= 0.6 is 0 Å². The fourth-order valence-corrected chi connectivity index (χ4v) is 3.97. The number of nitrogens with zero attached hydrogens (tertiary/aromatic N) is 3. The number of imidazole rings is 1. The maximum absolute atomic E-state index is 13.3. The quantitative estimate of drug-likeness (QED) is 0.681. The second-order valence-corrected chi connectivity index (χ2v) is 7.54. The number of pyridine rings is 1. The average Bonchev–Trinajstić information content (AvgIpc) is 3.37. The second-order valence-electron chi connectivity index (χ2n) is 7.54. The van der Waals surface area contributed by atoms with Gasteiger partial charge in [-0.2, -0.15) is 0 Å². The predicted octanol–water partition coefficient (Wildman–Crippen LogP) is 3.87. The molecule has 0 bridgehead atoms. The number of benzene rings is 1. The van der Waals surface area contributed by atoms with Crippen LogP contribution in [0.3, 0.4) is 0 Å². The number of rotatable bonds is 5. The van der Waals surface area contributed by atoms with Crippen molar-refractivity contribution in [1.29, 1.82) is 0 Å². The molecule has 0 unspecified atom stereocenters. The van der Waals surface area contributed by atoms with Gasteiger partial charge in [0.2, 0.25) is 5.95 Å². The fraction of sp³-hybridized carbons (Fsp3) is 0.429. The Morgan fingerprint density at radius 2 is 1.83 bits per heavy atom. The molecule has 2 aromatic heterocycles. The highest BCUT2D eigenvalue weighted by Gasteiger charge is 2.24. The first-order valence-corrected chi connectivity index (χ1v) is 10.1. The van der Waals surface area contributed by atoms with Crippen molar-refractivity contribution >= 4 is 28.5 Å². The first-order chi connectivity index (χ1) is 14.3. The molecule has 2 fully saturated rings. The van der Waals surface area contributed by atoms with Crippen molar-refractivity contribution in [3.8, 4) is 0 Å². The van der Waals surface area contributed by atoms with E-state index in [1.54, 1.807) is 18.3 Å². The van der Waals surface area contributed by atoms with Gasteiger partial charge in [0, 0.05) is 37.6 Å². The Balaban J connectivity index is 1.49. The van der Waals surface area contributed by atoms with Gasteiger partial charge in [-0.05, 0) is 43.5 Å². The van der Waals surface area contributed by atoms with Crippen molar-refractivity contribution in [2.24, 2.45) is 0 Å². The molecule has 2 aliphatic heterocycles. The second kappa shape index (κ2) is 7.96. The number of halogens is 1. The number of anilines is 3. The summed E-state index contributed by atoms with van der Waals surface area (Å²) in [6.07, 6.45) is 4.69. The molecule has 1 aromatic carbocycles. The molecule has 7 nitrogen and oxygen atoms in total. The lowest BCUT2D eigenvalue weighted by molar-refractivity contribution is 0.0904. The SMILES string of the molecule is Fc1ccc(Nc2nc3cnc(NC4CCOCC4)cc3n2[C@H]2CCOC2)cc1. The summed E-state index contributed by atoms with van der Waals surface area (Å²) in [5, 5.41) is 6.86. The van der Waals surface area contributed by atoms with Gasteiger partial charge >= 0.3 is 0 Å². The lowest BCUT2D eigenvalue weighted by Crippen LogP contribution is -2.28. The number of hydrogen-bond acceptors (Lipinski definition) is 6. The molecule has 2 saturated heterocycles. The van der Waals surface area contributed by atoms with E-state index in [2.05, 4.69) is 26.3 Å². The van der Waals surface area contributed by atoms with E-state index in [1.165, 1.54) is 12.1 Å². The predicted molar refractivity (Wildman–Crippen MR) is 109 cm³/mol. The van der Waals surface area contributed by atoms with Gasteiger partial charge in [0.15, 0.2) is 0 Å². The van der Waals surface area contributed by atoms with E-state index in [0.717, 1.165) is 61.6 Å². The van der Waals surface area contributed by atoms with Crippen molar-refractivity contribution in [3.63, 3.8) is 0 Å². The topological polar surface area (TPSA) is 73.2 Å². The minimum absolute atomic E-state index is 0.196. The number of hydrogen-bond donors (Lipinski definition) is 2. The van der Waals surface area contributed by atoms with Gasteiger partial charge in [0.1, 0.15) is 17.2 Å². The van der Waals surface area contributed by atoms with Gasteiger partial charge in [-0.15, -0.1) is 0 Å². The van der Waals surface area contributed by atoms with E-state index >= 15 is 0 Å². The summed E-state index contributed by atoms with van der Waals surface area (Å²) in [7, 11) is 0. The zero-order valence-electron chi connectivity index (χ0n) is 16.1. The van der Waals surface area contributed by atoms with Crippen LogP contribution in [-0.2, 0) is 9.47 Å². The lowest BCUT2D eigenvalue weighted by Gasteiger charge is -2.23. The largest absolute Gasteiger partial charge is 0.381 e. The molecule has 2 aliphatic rings. The highest BCUT2D eigenvalue weighted by atomic mass is 19.1. The van der Waals surface area contributed by atoms with Crippen LogP contribution in [0.5, 0.6) is 0 Å². The molecule has 29 heavy (non-hydrogen) atoms. The third-order valence-corrected chi connectivity index (χ3v) is 5.52. The molecule has 0 saturated carbocycles. The standard InChI is InChI=1S/C21H24FN5O2/c22-14-1-3-15(4-2-14)25-21-26-18-12-23-20(24-16-5-8-28-9-6-16)11-19(18)27(21)17-7-10-29-13-17/h1-4,11-12,16-17H,5-10,13H2,(H,23,24)(H,25,26)/t17-/m0/s1. The Labute approximate surface area is 168 Å². The van der Waals surface area contributed by atoms with Gasteiger partial charge < -0.3 is 24.7 Å². The van der Waals surface area contributed by atoms with E-state index < -0.39 is 0 Å². The zero-order chi connectivity index (χ0) is 19.6. The Kier molecular flexibility index (Phi) is 5.03. The molecule has 0 aliphatic carbocycles. The maximum atomic E-state index is 13.3. The minimum Gasteiger partial charge on any atom is -0.381 e. The Hall–Kier alpha value is -2.71. The molecule has 8 heteroatoms. The highest BCUT2D eigenvalue weighted by Crippen LogP contribution is 2.32. The van der Waals surface area contributed by atoms with E-state index in [1.807, 2.05) is 0 Å². The van der Waals surface area contributed by atoms with Crippen molar-refractivity contribution in [3.05, 3.63) is 42.3 Å². The zero-order valence-corrected chi connectivity index (χ0v) is 16.1. The third kappa shape index (κ3) is 3.90. The highest BCUT2D eigenvalue weighted by molar-refractivity contribution is 5.81. The van der Waals surface area contributed by atoms with E-state index in [9.17, 15) is 4.39 Å². The van der Waals surface area contributed by atoms with Gasteiger partial charge in [0.05, 0.1) is 24.4 Å². The van der Waals surface area contributed by atoms with Crippen LogP contribution in [0.2, 0.25) is 0 Å². The van der Waals surface area contributed by atoms with Crippen molar-refractivity contribution in [2.45, 2.75) is 31.3 Å². The molecule has 5 rings (SSSR count). The van der Waals surface area contributed by atoms with Gasteiger partial charge in [-0.1, -0.05) is 0 Å². The Morgan fingerprint density at radius 1 is 1.03 bits per heavy atom. The first-order valence-electron chi connectivity index (χ1n) is 10.1. The maximum Gasteiger partial charge on any atom is 0.208 e. The van der Waals surface area contributed by atoms with Crippen LogP contribution in [0.25, 0.3) is 11.0 Å². The number of fused-ring (bicyclic) bond motifs is 1. The Bertz CT molecular complexity index is 979. The molecule has 0 amide bonds. The van der Waals surface area contributed by atoms with E-state index in [0.29, 0.717) is 18.6 Å². The lowest BCUT2D eigenvalue weighted by atomic mass is 10.1. The van der Waals surface area contributed by atoms with Crippen LogP contribution in [-0.4, -0.2) is 47.0 Å². The number of nitrogens with one attached hydrogen (secondary N) is 2. The van der Waals surface area contributed by atoms with Gasteiger partial charge in [0.25, 0.3) is 0 Å². The molecular formula is C21H24FN5O2. The molecule has 1 atom stereocenters. The fourth-order valence-electron chi connectivity index (χ4n) is 3.97. The minimum atomic E-state index is -0.263. The summed E-state index contributed by atoms with van der Waals surface area (Å²) < 4.78 is 26.5. The van der Waals surface area contributed by atoms with Crippen LogP contribution in [0.1, 0.15) is 25.3 Å². The van der Waals surface area contributed by atoms with Crippen LogP contribution in [0.4, 0.5) is 21.8 Å². The van der Waals surface area contributed by atoms with Gasteiger partial charge in [-0.3, -0.25) is 0 Å². The molecular weight excluding hydrogens is 373 g/mol. The summed E-state index contributed by atoms with van der Waals surface area (Å²) in [6, 6.07) is 8.92. The smallest absolute Gasteiger partial charge is 0.208 e. The van der Waals surface area contributed by atoms with E-state index in [-0.39, 0.29) is 11.9 Å². The summed E-state index contributed by atoms with van der Waals surface area (Å²) in [6.45, 7) is 2.94. The van der Waals surface area contributed by atoms with Crippen molar-refractivity contribution in [1.82, 2.24) is 14.5 Å². The van der Waals surface area contributed by atoms with Crippen LogP contribution in [0.15, 0.2) is 36.5 Å². The third-order valence-electron chi connectivity index (χ3n) is 5.52. The van der Waals surface area contributed by atoms with Crippen molar-refractivity contribution in [2.75, 3.05) is 37.1 Å². The average molecular weight is 397 g/mol. The normalized spacial score (nSPS) is 20.2. The summed E-state index contributed by atoms with van der Waals surface area (Å²) in [5.41, 5.74) is 2.61.